The third kappa shape index (κ3) is 3.30. The van der Waals surface area contributed by atoms with Crippen LogP contribution < -0.4 is 5.43 Å². The maximum atomic E-state index is 12.2. The number of hydrogen-bond donors (Lipinski definition) is 1. The van der Waals surface area contributed by atoms with Gasteiger partial charge in [-0.1, -0.05) is 20.8 Å². The lowest BCUT2D eigenvalue weighted by molar-refractivity contribution is 0.0506. The van der Waals surface area contributed by atoms with E-state index in [0.717, 1.165) is 0 Å². The molecule has 0 aromatic carbocycles. The molecule has 1 aliphatic heterocycles. The number of esters is 1. The SMILES string of the molecule is CCOC(=O)c1c(O)c2cc(=O)ccc-2cn1CC(C)(C)C. The Labute approximate surface area is 129 Å². The van der Waals surface area contributed by atoms with E-state index in [0.29, 0.717) is 17.7 Å². The minimum absolute atomic E-state index is 0.0786. The Kier molecular flexibility index (Phi) is 4.26. The molecule has 22 heavy (non-hydrogen) atoms. The molecule has 0 saturated carbocycles. The fourth-order valence-corrected chi connectivity index (χ4v) is 2.40. The van der Waals surface area contributed by atoms with E-state index < -0.39 is 5.97 Å². The number of nitrogens with zero attached hydrogens (tertiary/aromatic N) is 1. The second-order valence-electron chi connectivity index (χ2n) is 6.48. The lowest BCUT2D eigenvalue weighted by Gasteiger charge is -2.25. The molecule has 1 heterocycles. The summed E-state index contributed by atoms with van der Waals surface area (Å²) in [5.74, 6) is -0.805. The van der Waals surface area contributed by atoms with Crippen LogP contribution in [0.2, 0.25) is 0 Å². The lowest BCUT2D eigenvalue weighted by Crippen LogP contribution is -2.23. The van der Waals surface area contributed by atoms with Gasteiger partial charge in [0.05, 0.1) is 6.61 Å². The number of fused-ring (bicyclic) bond motifs is 1. The molecule has 1 N–H and O–H groups in total. The van der Waals surface area contributed by atoms with Crippen LogP contribution >= 0.6 is 0 Å². The summed E-state index contributed by atoms with van der Waals surface area (Å²) in [7, 11) is 0. The van der Waals surface area contributed by atoms with Crippen molar-refractivity contribution in [2.45, 2.75) is 34.2 Å². The summed E-state index contributed by atoms with van der Waals surface area (Å²) >= 11 is 0. The fraction of sp³-hybridized carbons (Fsp3) is 0.412. The van der Waals surface area contributed by atoms with Gasteiger partial charge in [-0.05, 0) is 30.5 Å². The summed E-state index contributed by atoms with van der Waals surface area (Å²) < 4.78 is 6.74. The molecular formula is C17H21NO4. The molecule has 5 heteroatoms. The Morgan fingerprint density at radius 2 is 2.00 bits per heavy atom. The van der Waals surface area contributed by atoms with Gasteiger partial charge in [-0.2, -0.15) is 0 Å². The summed E-state index contributed by atoms with van der Waals surface area (Å²) in [5.41, 5.74) is 0.834. The average Bonchev–Trinajstić information content (AvgIpc) is 2.38. The molecule has 118 valence electrons. The number of pyridine rings is 1. The molecule has 2 aliphatic rings. The fourth-order valence-electron chi connectivity index (χ4n) is 2.40. The van der Waals surface area contributed by atoms with Crippen molar-refractivity contribution in [1.82, 2.24) is 4.57 Å². The number of carbonyl (C=O) groups is 1. The summed E-state index contributed by atoms with van der Waals surface area (Å²) in [4.78, 5) is 23.7. The first-order chi connectivity index (χ1) is 10.2. The van der Waals surface area contributed by atoms with Gasteiger partial charge >= 0.3 is 5.97 Å². The minimum atomic E-state index is -0.595. The van der Waals surface area contributed by atoms with Crippen molar-refractivity contribution in [3.05, 3.63) is 40.3 Å². The maximum absolute atomic E-state index is 12.2. The first kappa shape index (κ1) is 16.1. The van der Waals surface area contributed by atoms with Gasteiger partial charge < -0.3 is 14.4 Å². The number of benzene rings is 1. The van der Waals surface area contributed by atoms with Gasteiger partial charge in [0.25, 0.3) is 0 Å². The number of rotatable bonds is 3. The van der Waals surface area contributed by atoms with Gasteiger partial charge in [-0.15, -0.1) is 0 Å². The number of hydrogen-bond acceptors (Lipinski definition) is 4. The topological polar surface area (TPSA) is 68.5 Å². The molecule has 0 unspecified atom stereocenters. The average molecular weight is 303 g/mol. The van der Waals surface area contributed by atoms with Crippen LogP contribution in [0.15, 0.2) is 29.2 Å². The van der Waals surface area contributed by atoms with E-state index in [9.17, 15) is 14.7 Å². The Balaban J connectivity index is 2.73. The molecule has 0 fully saturated rings. The summed E-state index contributed by atoms with van der Waals surface area (Å²) in [6.07, 6.45) is 1.77. The molecule has 0 radical (unpaired) electrons. The maximum Gasteiger partial charge on any atom is 0.358 e. The van der Waals surface area contributed by atoms with Gasteiger partial charge in [0.2, 0.25) is 0 Å². The highest BCUT2D eigenvalue weighted by Gasteiger charge is 2.25. The quantitative estimate of drug-likeness (QED) is 0.885. The van der Waals surface area contributed by atoms with E-state index in [1.165, 1.54) is 12.1 Å². The molecule has 0 atom stereocenters. The standard InChI is InChI=1S/C17H21NO4/c1-5-22-16(21)14-15(20)13-8-12(19)7-6-11(13)9-18(14)10-17(2,3)4/h6-9,20H,5,10H2,1-4H3. The monoisotopic (exact) mass is 303 g/mol. The van der Waals surface area contributed by atoms with E-state index in [2.05, 4.69) is 0 Å². The highest BCUT2D eigenvalue weighted by molar-refractivity contribution is 5.94. The third-order valence-electron chi connectivity index (χ3n) is 3.20. The van der Waals surface area contributed by atoms with E-state index in [1.54, 1.807) is 23.8 Å². The molecule has 0 bridgehead atoms. The molecule has 2 rings (SSSR count). The van der Waals surface area contributed by atoms with Crippen molar-refractivity contribution in [3.63, 3.8) is 0 Å². The zero-order valence-electron chi connectivity index (χ0n) is 13.3. The first-order valence-electron chi connectivity index (χ1n) is 7.26. The minimum Gasteiger partial charge on any atom is -0.505 e. The predicted octanol–water partition coefficient (Wildman–Crippen LogP) is 2.88. The second-order valence-corrected chi connectivity index (χ2v) is 6.48. The van der Waals surface area contributed by atoms with Crippen LogP contribution in [0.1, 0.15) is 38.2 Å². The van der Waals surface area contributed by atoms with E-state index in [4.69, 9.17) is 4.74 Å². The van der Waals surface area contributed by atoms with Crippen LogP contribution in [0.25, 0.3) is 11.1 Å². The second kappa shape index (κ2) is 5.83. The normalized spacial score (nSPS) is 11.6. The Bertz CT molecular complexity index is 725. The van der Waals surface area contributed by atoms with Crippen molar-refractivity contribution >= 4 is 5.97 Å². The largest absolute Gasteiger partial charge is 0.505 e. The zero-order valence-corrected chi connectivity index (χ0v) is 13.3. The van der Waals surface area contributed by atoms with Gasteiger partial charge in [0.1, 0.15) is 0 Å². The Morgan fingerprint density at radius 3 is 2.59 bits per heavy atom. The number of aromatic hydroxyl groups is 1. The van der Waals surface area contributed by atoms with Gasteiger partial charge in [0, 0.05) is 23.9 Å². The highest BCUT2D eigenvalue weighted by atomic mass is 16.5. The predicted molar refractivity (Wildman–Crippen MR) is 84.4 cm³/mol. The third-order valence-corrected chi connectivity index (χ3v) is 3.20. The molecule has 0 aromatic rings. The van der Waals surface area contributed by atoms with Crippen LogP contribution in [0.3, 0.4) is 0 Å². The molecule has 0 amide bonds. The summed E-state index contributed by atoms with van der Waals surface area (Å²) in [5, 5.41) is 10.5. The van der Waals surface area contributed by atoms with Crippen LogP contribution in [0.5, 0.6) is 5.75 Å². The summed E-state index contributed by atoms with van der Waals surface area (Å²) in [6.45, 7) is 8.57. The van der Waals surface area contributed by atoms with E-state index >= 15 is 0 Å². The van der Waals surface area contributed by atoms with Crippen LogP contribution in [-0.2, 0) is 11.3 Å². The number of carbonyl (C=O) groups excluding carboxylic acids is 1. The van der Waals surface area contributed by atoms with Crippen molar-refractivity contribution in [1.29, 1.82) is 0 Å². The van der Waals surface area contributed by atoms with Crippen molar-refractivity contribution < 1.29 is 14.6 Å². The van der Waals surface area contributed by atoms with Gasteiger partial charge in [0.15, 0.2) is 16.9 Å². The lowest BCUT2D eigenvalue weighted by atomic mass is 9.95. The van der Waals surface area contributed by atoms with E-state index in [1.807, 2.05) is 20.8 Å². The molecule has 0 spiro atoms. The smallest absolute Gasteiger partial charge is 0.358 e. The van der Waals surface area contributed by atoms with Crippen LogP contribution in [-0.4, -0.2) is 22.2 Å². The van der Waals surface area contributed by atoms with E-state index in [-0.39, 0.29) is 28.9 Å². The molecule has 5 nitrogen and oxygen atoms in total. The Hall–Kier alpha value is -2.30. The zero-order chi connectivity index (χ0) is 16.5. The van der Waals surface area contributed by atoms with Gasteiger partial charge in [-0.25, -0.2) is 4.79 Å². The van der Waals surface area contributed by atoms with Crippen molar-refractivity contribution in [3.8, 4) is 16.9 Å². The molecule has 1 aliphatic carbocycles. The number of aromatic nitrogens is 1. The van der Waals surface area contributed by atoms with Gasteiger partial charge in [-0.3, -0.25) is 4.79 Å². The Morgan fingerprint density at radius 1 is 1.32 bits per heavy atom. The van der Waals surface area contributed by atoms with Crippen LogP contribution in [0, 0.1) is 5.41 Å². The molecule has 0 aromatic heterocycles. The molecule has 0 saturated heterocycles. The highest BCUT2D eigenvalue weighted by Crippen LogP contribution is 2.35. The van der Waals surface area contributed by atoms with Crippen LogP contribution in [0.4, 0.5) is 0 Å². The van der Waals surface area contributed by atoms with Crippen molar-refractivity contribution in [2.75, 3.05) is 6.61 Å². The first-order valence-corrected chi connectivity index (χ1v) is 7.26. The number of ether oxygens (including phenoxy) is 1. The summed E-state index contributed by atoms with van der Waals surface area (Å²) in [6, 6.07) is 4.41. The molecular weight excluding hydrogens is 282 g/mol. The van der Waals surface area contributed by atoms with Crippen molar-refractivity contribution in [2.24, 2.45) is 5.41 Å².